The molecule has 1 aliphatic heterocycles. The van der Waals surface area contributed by atoms with E-state index in [-0.39, 0.29) is 17.6 Å². The Balaban J connectivity index is 1.81. The maximum absolute atomic E-state index is 12.9. The highest BCUT2D eigenvalue weighted by Gasteiger charge is 2.27. The summed E-state index contributed by atoms with van der Waals surface area (Å²) in [7, 11) is -2.83. The molecule has 112 valence electrons. The Labute approximate surface area is 119 Å². The molecule has 1 atom stereocenters. The van der Waals surface area contributed by atoms with Crippen LogP contribution in [0.2, 0.25) is 0 Å². The summed E-state index contributed by atoms with van der Waals surface area (Å²) in [4.78, 5) is 2.13. The highest BCUT2D eigenvalue weighted by atomic mass is 32.2. The summed E-state index contributed by atoms with van der Waals surface area (Å²) in [5, 5.41) is 3.29. The maximum Gasteiger partial charge on any atom is 0.151 e. The van der Waals surface area contributed by atoms with E-state index in [2.05, 4.69) is 10.2 Å². The second-order valence-electron chi connectivity index (χ2n) is 5.11. The zero-order chi connectivity index (χ0) is 14.6. The molecule has 0 saturated carbocycles. The van der Waals surface area contributed by atoms with Crippen LogP contribution in [0.1, 0.15) is 13.3 Å². The summed E-state index contributed by atoms with van der Waals surface area (Å²) >= 11 is 0. The quantitative estimate of drug-likeness (QED) is 0.863. The summed E-state index contributed by atoms with van der Waals surface area (Å²) in [6.45, 7) is 4.38. The van der Waals surface area contributed by atoms with Crippen molar-refractivity contribution in [2.45, 2.75) is 19.4 Å². The predicted octanol–water partition coefficient (Wildman–Crippen LogP) is 1.43. The lowest BCUT2D eigenvalue weighted by atomic mass is 10.2. The fraction of sp³-hybridized carbons (Fsp3) is 0.571. The molecule has 1 aromatic carbocycles. The second-order valence-corrected chi connectivity index (χ2v) is 7.34. The maximum atomic E-state index is 12.9. The minimum absolute atomic E-state index is 0.0759. The molecule has 1 N–H and O–H groups in total. The van der Waals surface area contributed by atoms with Crippen LogP contribution in [0.4, 0.5) is 10.1 Å². The molecule has 20 heavy (non-hydrogen) atoms. The van der Waals surface area contributed by atoms with Gasteiger partial charge in [0.15, 0.2) is 9.84 Å². The first kappa shape index (κ1) is 15.3. The number of likely N-dealkylation sites (N-methyl/N-ethyl adjacent to an activating group) is 1. The average Bonchev–Trinajstić information content (AvgIpc) is 2.76. The van der Waals surface area contributed by atoms with Gasteiger partial charge < -0.3 is 10.2 Å². The van der Waals surface area contributed by atoms with E-state index in [1.165, 1.54) is 12.1 Å². The standard InChI is InChI=1S/C14H21FN2O2S/c1-2-17(14-5-3-12(15)4-6-14)9-8-16-13-7-10-20(18,19)11-13/h3-6,13,16H,2,7-11H2,1H3. The monoisotopic (exact) mass is 300 g/mol. The zero-order valence-corrected chi connectivity index (χ0v) is 12.5. The molecule has 0 radical (unpaired) electrons. The van der Waals surface area contributed by atoms with E-state index < -0.39 is 9.84 Å². The van der Waals surface area contributed by atoms with Crippen LogP contribution < -0.4 is 10.2 Å². The Kier molecular flexibility index (Phi) is 4.99. The van der Waals surface area contributed by atoms with Gasteiger partial charge in [0.1, 0.15) is 5.82 Å². The lowest BCUT2D eigenvalue weighted by Gasteiger charge is -2.24. The van der Waals surface area contributed by atoms with E-state index in [1.54, 1.807) is 12.1 Å². The van der Waals surface area contributed by atoms with Gasteiger partial charge in [0, 0.05) is 31.4 Å². The summed E-state index contributed by atoms with van der Waals surface area (Å²) in [5.41, 5.74) is 0.981. The Morgan fingerprint density at radius 3 is 2.60 bits per heavy atom. The van der Waals surface area contributed by atoms with Crippen molar-refractivity contribution in [1.82, 2.24) is 5.32 Å². The minimum Gasteiger partial charge on any atom is -0.371 e. The van der Waals surface area contributed by atoms with Crippen molar-refractivity contribution in [3.8, 4) is 0 Å². The van der Waals surface area contributed by atoms with E-state index in [0.717, 1.165) is 25.3 Å². The van der Waals surface area contributed by atoms with E-state index in [0.29, 0.717) is 12.2 Å². The van der Waals surface area contributed by atoms with Crippen molar-refractivity contribution in [3.63, 3.8) is 0 Å². The number of hydrogen-bond acceptors (Lipinski definition) is 4. The summed E-state index contributed by atoms with van der Waals surface area (Å²) in [6.07, 6.45) is 0.699. The van der Waals surface area contributed by atoms with Gasteiger partial charge in [-0.15, -0.1) is 0 Å². The number of benzene rings is 1. The van der Waals surface area contributed by atoms with Crippen molar-refractivity contribution in [2.75, 3.05) is 36.0 Å². The predicted molar refractivity (Wildman–Crippen MR) is 79.3 cm³/mol. The van der Waals surface area contributed by atoms with Crippen LogP contribution in [-0.2, 0) is 9.84 Å². The third-order valence-corrected chi connectivity index (χ3v) is 5.39. The number of halogens is 1. The molecule has 4 nitrogen and oxygen atoms in total. The van der Waals surface area contributed by atoms with Crippen LogP contribution in [-0.4, -0.2) is 45.6 Å². The highest BCUT2D eigenvalue weighted by Crippen LogP contribution is 2.14. The van der Waals surface area contributed by atoms with Gasteiger partial charge in [-0.25, -0.2) is 12.8 Å². The number of sulfone groups is 1. The third-order valence-electron chi connectivity index (χ3n) is 3.62. The summed E-state index contributed by atoms with van der Waals surface area (Å²) in [5.74, 6) is 0.301. The smallest absolute Gasteiger partial charge is 0.151 e. The van der Waals surface area contributed by atoms with Crippen molar-refractivity contribution in [2.24, 2.45) is 0 Å². The van der Waals surface area contributed by atoms with Crippen molar-refractivity contribution in [3.05, 3.63) is 30.1 Å². The van der Waals surface area contributed by atoms with Gasteiger partial charge >= 0.3 is 0 Å². The Bertz CT molecular complexity index is 531. The minimum atomic E-state index is -2.83. The fourth-order valence-electron chi connectivity index (χ4n) is 2.48. The molecule has 1 fully saturated rings. The number of nitrogens with zero attached hydrogens (tertiary/aromatic N) is 1. The van der Waals surface area contributed by atoms with Crippen molar-refractivity contribution in [1.29, 1.82) is 0 Å². The molecule has 0 amide bonds. The van der Waals surface area contributed by atoms with Crippen LogP contribution in [0, 0.1) is 5.82 Å². The summed E-state index contributed by atoms with van der Waals surface area (Å²) in [6, 6.07) is 6.51. The van der Waals surface area contributed by atoms with Crippen molar-refractivity contribution >= 4 is 15.5 Å². The molecule has 0 aliphatic carbocycles. The second kappa shape index (κ2) is 6.54. The first-order valence-corrected chi connectivity index (χ1v) is 8.76. The lowest BCUT2D eigenvalue weighted by Crippen LogP contribution is -2.37. The lowest BCUT2D eigenvalue weighted by molar-refractivity contribution is 0.553. The molecular formula is C14H21FN2O2S. The van der Waals surface area contributed by atoms with Gasteiger partial charge in [-0.1, -0.05) is 0 Å². The molecule has 0 bridgehead atoms. The van der Waals surface area contributed by atoms with Crippen LogP contribution in [0.15, 0.2) is 24.3 Å². The third kappa shape index (κ3) is 4.18. The average molecular weight is 300 g/mol. The zero-order valence-electron chi connectivity index (χ0n) is 11.7. The Morgan fingerprint density at radius 1 is 1.35 bits per heavy atom. The van der Waals surface area contributed by atoms with E-state index in [9.17, 15) is 12.8 Å². The number of anilines is 1. The van der Waals surface area contributed by atoms with Crippen LogP contribution in [0.3, 0.4) is 0 Å². The normalized spacial score (nSPS) is 21.0. The molecule has 1 saturated heterocycles. The van der Waals surface area contributed by atoms with Gasteiger partial charge in [0.25, 0.3) is 0 Å². The van der Waals surface area contributed by atoms with Gasteiger partial charge in [-0.2, -0.15) is 0 Å². The molecule has 6 heteroatoms. The van der Waals surface area contributed by atoms with Crippen molar-refractivity contribution < 1.29 is 12.8 Å². The number of nitrogens with one attached hydrogen (secondary N) is 1. The Hall–Kier alpha value is -1.14. The molecule has 1 aliphatic rings. The summed E-state index contributed by atoms with van der Waals surface area (Å²) < 4.78 is 35.6. The van der Waals surface area contributed by atoms with E-state index in [1.807, 2.05) is 6.92 Å². The number of rotatable bonds is 6. The molecule has 1 heterocycles. The SMILES string of the molecule is CCN(CCNC1CCS(=O)(=O)C1)c1ccc(F)cc1. The van der Waals surface area contributed by atoms with Gasteiger partial charge in [-0.3, -0.25) is 0 Å². The van der Waals surface area contributed by atoms with Crippen LogP contribution >= 0.6 is 0 Å². The van der Waals surface area contributed by atoms with E-state index in [4.69, 9.17) is 0 Å². The topological polar surface area (TPSA) is 49.4 Å². The van der Waals surface area contributed by atoms with Gasteiger partial charge in [0.2, 0.25) is 0 Å². The molecule has 2 rings (SSSR count). The molecule has 1 aromatic rings. The Morgan fingerprint density at radius 2 is 2.05 bits per heavy atom. The number of hydrogen-bond donors (Lipinski definition) is 1. The first-order chi connectivity index (χ1) is 9.50. The fourth-order valence-corrected chi connectivity index (χ4v) is 4.19. The van der Waals surface area contributed by atoms with E-state index >= 15 is 0 Å². The van der Waals surface area contributed by atoms with Crippen LogP contribution in [0.5, 0.6) is 0 Å². The van der Waals surface area contributed by atoms with Gasteiger partial charge in [0.05, 0.1) is 11.5 Å². The van der Waals surface area contributed by atoms with Gasteiger partial charge in [-0.05, 0) is 37.6 Å². The molecule has 1 unspecified atom stereocenters. The largest absolute Gasteiger partial charge is 0.371 e. The highest BCUT2D eigenvalue weighted by molar-refractivity contribution is 7.91. The van der Waals surface area contributed by atoms with Crippen LogP contribution in [0.25, 0.3) is 0 Å². The molecule has 0 spiro atoms. The molecular weight excluding hydrogens is 279 g/mol. The first-order valence-electron chi connectivity index (χ1n) is 6.94. The molecule has 0 aromatic heterocycles.